The van der Waals surface area contributed by atoms with Crippen molar-refractivity contribution in [3.8, 4) is 11.4 Å². The number of anilines is 3. The van der Waals surface area contributed by atoms with Crippen LogP contribution in [0.2, 0.25) is 0 Å². The minimum absolute atomic E-state index is 0.0148. The monoisotopic (exact) mass is 607 g/mol. The molecule has 0 fully saturated rings. The minimum atomic E-state index is -0.731. The van der Waals surface area contributed by atoms with Crippen LogP contribution in [0.15, 0.2) is 67.4 Å². The summed E-state index contributed by atoms with van der Waals surface area (Å²) in [4.78, 5) is 67.8. The Labute approximate surface area is 250 Å². The van der Waals surface area contributed by atoms with E-state index < -0.39 is 28.4 Å². The third kappa shape index (κ3) is 4.97. The molecule has 3 heterocycles. The van der Waals surface area contributed by atoms with Gasteiger partial charge in [-0.05, 0) is 58.2 Å². The number of hydrogen-bond acceptors (Lipinski definition) is 13. The molecular weight excluding hydrogens is 586 g/mol. The molecule has 0 bridgehead atoms. The van der Waals surface area contributed by atoms with Crippen molar-refractivity contribution >= 4 is 34.7 Å². The van der Waals surface area contributed by atoms with Crippen LogP contribution >= 0.6 is 0 Å². The number of nitrogens with one attached hydrogen (secondary N) is 4. The molecule has 224 valence electrons. The third-order valence-corrected chi connectivity index (χ3v) is 7.48. The fourth-order valence-corrected chi connectivity index (χ4v) is 5.23. The van der Waals surface area contributed by atoms with Crippen molar-refractivity contribution in [1.29, 1.82) is 0 Å². The lowest BCUT2D eigenvalue weighted by Gasteiger charge is -2.15. The summed E-state index contributed by atoms with van der Waals surface area (Å²) in [7, 11) is 0. The zero-order valence-corrected chi connectivity index (χ0v) is 23.0. The van der Waals surface area contributed by atoms with Crippen LogP contribution in [0.25, 0.3) is 17.2 Å². The zero-order valence-electron chi connectivity index (χ0n) is 23.0. The van der Waals surface area contributed by atoms with Crippen LogP contribution in [-0.2, 0) is 13.0 Å². The summed E-state index contributed by atoms with van der Waals surface area (Å²) in [5.41, 5.74) is 7.75. The number of hydrogen-bond donors (Lipinski definition) is 5. The maximum Gasteiger partial charge on any atom is 0.439 e. The van der Waals surface area contributed by atoms with Crippen LogP contribution in [0.4, 0.5) is 17.1 Å². The van der Waals surface area contributed by atoms with E-state index in [0.717, 1.165) is 15.6 Å². The number of carbonyl (C=O) groups excluding carboxylic acids is 2. The molecule has 6 N–H and O–H groups in total. The summed E-state index contributed by atoms with van der Waals surface area (Å²) in [6.07, 6.45) is 1.31. The molecule has 0 aliphatic heterocycles. The number of nitrogens with two attached hydrogens (primary N) is 1. The average Bonchev–Trinajstić information content (AvgIpc) is 3.81. The highest BCUT2D eigenvalue weighted by Gasteiger charge is 2.27. The summed E-state index contributed by atoms with van der Waals surface area (Å²) in [6, 6.07) is 13.3. The molecule has 6 aromatic rings. The second-order valence-corrected chi connectivity index (χ2v) is 10.3. The molecule has 17 heteroatoms. The van der Waals surface area contributed by atoms with E-state index in [2.05, 4.69) is 51.1 Å². The van der Waals surface area contributed by atoms with E-state index in [1.807, 2.05) is 12.1 Å². The molecule has 0 radical (unpaired) electrons. The predicted octanol–water partition coefficient (Wildman–Crippen LogP) is 0.132. The van der Waals surface area contributed by atoms with Crippen molar-refractivity contribution < 1.29 is 14.1 Å². The van der Waals surface area contributed by atoms with Gasteiger partial charge in [-0.1, -0.05) is 34.5 Å². The number of aromatic amines is 1. The molecule has 1 aliphatic rings. The van der Waals surface area contributed by atoms with Crippen LogP contribution in [0.1, 0.15) is 50.1 Å². The van der Waals surface area contributed by atoms with Gasteiger partial charge in [-0.3, -0.25) is 28.7 Å². The summed E-state index contributed by atoms with van der Waals surface area (Å²) < 4.78 is 5.71. The molecular formula is C28H21N11O6. The molecule has 17 nitrogen and oxygen atoms in total. The molecule has 45 heavy (non-hydrogen) atoms. The van der Waals surface area contributed by atoms with Gasteiger partial charge in [0.1, 0.15) is 22.8 Å². The highest BCUT2D eigenvalue weighted by atomic mass is 16.5. The number of H-pyrrole nitrogens is 1. The number of fused-ring (bicyclic) bond motifs is 2. The maximum absolute atomic E-state index is 13.3. The first kappa shape index (κ1) is 27.3. The number of benzene rings is 2. The number of aromatic nitrogens is 7. The third-order valence-electron chi connectivity index (χ3n) is 7.48. The molecule has 3 aromatic heterocycles. The summed E-state index contributed by atoms with van der Waals surface area (Å²) in [5, 5.41) is 23.5. The first-order chi connectivity index (χ1) is 21.7. The Kier molecular flexibility index (Phi) is 6.46. The van der Waals surface area contributed by atoms with E-state index in [9.17, 15) is 24.0 Å². The lowest BCUT2D eigenvalue weighted by molar-refractivity contribution is 0.0931. The Hall–Kier alpha value is -6.52. The summed E-state index contributed by atoms with van der Waals surface area (Å²) >= 11 is 0. The van der Waals surface area contributed by atoms with Gasteiger partial charge in [-0.2, -0.15) is 4.52 Å². The van der Waals surface area contributed by atoms with Gasteiger partial charge in [0, 0.05) is 23.9 Å². The van der Waals surface area contributed by atoms with Crippen LogP contribution in [0, 0.1) is 0 Å². The number of tetrazole rings is 1. The van der Waals surface area contributed by atoms with Gasteiger partial charge < -0.3 is 21.7 Å². The molecule has 7 rings (SSSR count). The van der Waals surface area contributed by atoms with Crippen molar-refractivity contribution in [3.05, 3.63) is 108 Å². The molecule has 0 unspecified atom stereocenters. The van der Waals surface area contributed by atoms with Gasteiger partial charge >= 0.3 is 5.76 Å². The van der Waals surface area contributed by atoms with Crippen molar-refractivity contribution in [3.63, 3.8) is 0 Å². The van der Waals surface area contributed by atoms with Crippen LogP contribution in [0.3, 0.4) is 0 Å². The standard InChI is InChI=1S/C28H21N11O6/c29-20-21(23(41)22(20)40)31-15-3-1-2-12(8-15)11-30-26(43)19-10-18(33-27-35-37-38-39(19)27)25(42)32-17-7-5-13-9-14(4-6-16(13)17)24-34-28(44)45-36-24/h1-4,6,8-10,17,31H,5,7,11,29H2,(H,30,43)(H,32,42)(H,34,36,44)/t17-/m0/s1. The maximum atomic E-state index is 13.3. The SMILES string of the molecule is Nc1c(Nc2cccc(CNC(=O)c3cc(C(=O)N[C@H]4CCc5cc(-c6noc(=O)[nH]6)ccc54)nc4nnnn34)c2)c(=O)c1=O. The molecule has 0 saturated heterocycles. The summed E-state index contributed by atoms with van der Waals surface area (Å²) in [5.74, 6) is -1.46. The first-order valence-corrected chi connectivity index (χ1v) is 13.6. The number of amides is 2. The first-order valence-electron chi connectivity index (χ1n) is 13.6. The Bertz CT molecular complexity index is 2280. The van der Waals surface area contributed by atoms with E-state index in [-0.39, 0.29) is 41.1 Å². The van der Waals surface area contributed by atoms with Crippen molar-refractivity contribution in [2.24, 2.45) is 0 Å². The van der Waals surface area contributed by atoms with Crippen LogP contribution in [-0.4, -0.2) is 47.0 Å². The fraction of sp³-hybridized carbons (Fsp3) is 0.143. The average molecular weight is 608 g/mol. The highest BCUT2D eigenvalue weighted by molar-refractivity contribution is 5.98. The van der Waals surface area contributed by atoms with Crippen LogP contribution in [0.5, 0.6) is 0 Å². The highest BCUT2D eigenvalue weighted by Crippen LogP contribution is 2.33. The zero-order chi connectivity index (χ0) is 31.2. The van der Waals surface area contributed by atoms with Crippen molar-refractivity contribution in [2.45, 2.75) is 25.4 Å². The van der Waals surface area contributed by atoms with Crippen molar-refractivity contribution in [2.75, 3.05) is 11.1 Å². The van der Waals surface area contributed by atoms with Crippen molar-refractivity contribution in [1.82, 2.24) is 45.8 Å². The van der Waals surface area contributed by atoms with Crippen LogP contribution < -0.4 is 38.3 Å². The van der Waals surface area contributed by atoms with Gasteiger partial charge in [0.15, 0.2) is 5.82 Å². The molecule has 0 spiro atoms. The van der Waals surface area contributed by atoms with E-state index in [0.29, 0.717) is 35.5 Å². The summed E-state index contributed by atoms with van der Waals surface area (Å²) in [6.45, 7) is 0.0757. The predicted molar refractivity (Wildman–Crippen MR) is 156 cm³/mol. The number of nitrogen functional groups attached to an aromatic ring is 1. The second-order valence-electron chi connectivity index (χ2n) is 10.3. The number of aryl methyl sites for hydroxylation is 1. The van der Waals surface area contributed by atoms with E-state index >= 15 is 0 Å². The minimum Gasteiger partial charge on any atom is -0.394 e. The number of carbonyl (C=O) groups is 2. The molecule has 1 atom stereocenters. The topological polar surface area (TPSA) is 245 Å². The quantitative estimate of drug-likeness (QED) is 0.145. The Morgan fingerprint density at radius 2 is 1.93 bits per heavy atom. The van der Waals surface area contributed by atoms with E-state index in [1.165, 1.54) is 6.07 Å². The second kappa shape index (κ2) is 10.6. The molecule has 2 amide bonds. The normalized spacial score (nSPS) is 14.0. The lowest BCUT2D eigenvalue weighted by Crippen LogP contribution is -2.36. The van der Waals surface area contributed by atoms with Gasteiger partial charge in [0.25, 0.3) is 28.4 Å². The molecule has 3 aromatic carbocycles. The largest absolute Gasteiger partial charge is 0.439 e. The van der Waals surface area contributed by atoms with E-state index in [1.54, 1.807) is 30.3 Å². The fourth-order valence-electron chi connectivity index (χ4n) is 5.23. The van der Waals surface area contributed by atoms with Gasteiger partial charge in [-0.15, -0.1) is 0 Å². The molecule has 1 aliphatic carbocycles. The van der Waals surface area contributed by atoms with Gasteiger partial charge in [0.2, 0.25) is 0 Å². The lowest BCUT2D eigenvalue weighted by atomic mass is 10.0. The molecule has 0 saturated carbocycles. The number of nitrogens with zero attached hydrogens (tertiary/aromatic N) is 6. The smallest absolute Gasteiger partial charge is 0.394 e. The number of rotatable bonds is 8. The van der Waals surface area contributed by atoms with Gasteiger partial charge in [-0.25, -0.2) is 9.78 Å². The Morgan fingerprint density at radius 3 is 2.73 bits per heavy atom. The van der Waals surface area contributed by atoms with E-state index in [4.69, 9.17) is 5.73 Å². The van der Waals surface area contributed by atoms with Gasteiger partial charge in [0.05, 0.1) is 6.04 Å². The Morgan fingerprint density at radius 1 is 1.07 bits per heavy atom. The Balaban J connectivity index is 1.06.